The molecule has 0 atom stereocenters. The molecule has 0 aliphatic heterocycles. The third-order valence-corrected chi connectivity index (χ3v) is 4.52. The number of nitrogens with zero attached hydrogens (tertiary/aromatic N) is 2. The summed E-state index contributed by atoms with van der Waals surface area (Å²) in [6.45, 7) is -0.262. The van der Waals surface area contributed by atoms with E-state index in [2.05, 4.69) is 0 Å². The molecule has 0 spiro atoms. The highest BCUT2D eigenvalue weighted by Crippen LogP contribution is 2.20. The summed E-state index contributed by atoms with van der Waals surface area (Å²) < 4.78 is 35.0. The van der Waals surface area contributed by atoms with Gasteiger partial charge >= 0.3 is 15.9 Å². The Morgan fingerprint density at radius 3 is 2.56 bits per heavy atom. The van der Waals surface area contributed by atoms with E-state index in [-0.39, 0.29) is 29.1 Å². The maximum atomic E-state index is 12.0. The molecule has 0 amide bonds. The van der Waals surface area contributed by atoms with Crippen LogP contribution < -0.4 is 9.94 Å². The van der Waals surface area contributed by atoms with Crippen LogP contribution in [0.15, 0.2) is 57.7 Å². The van der Waals surface area contributed by atoms with Crippen LogP contribution in [0.3, 0.4) is 0 Å². The van der Waals surface area contributed by atoms with Crippen molar-refractivity contribution in [3.05, 3.63) is 69.2 Å². The van der Waals surface area contributed by atoms with Gasteiger partial charge < -0.3 is 8.60 Å². The van der Waals surface area contributed by atoms with Crippen LogP contribution in [0.1, 0.15) is 0 Å². The van der Waals surface area contributed by atoms with E-state index in [1.54, 1.807) is 18.2 Å². The van der Waals surface area contributed by atoms with Crippen molar-refractivity contribution < 1.29 is 21.9 Å². The van der Waals surface area contributed by atoms with Crippen LogP contribution in [-0.4, -0.2) is 23.7 Å². The van der Waals surface area contributed by atoms with Gasteiger partial charge in [0.05, 0.1) is 10.4 Å². The number of benzene rings is 2. The number of rotatable bonds is 6. The molecule has 0 radical (unpaired) electrons. The lowest BCUT2D eigenvalue weighted by atomic mass is 10.3. The van der Waals surface area contributed by atoms with E-state index in [4.69, 9.17) is 8.60 Å². The number of nitro benzene ring substituents is 1. The van der Waals surface area contributed by atoms with Crippen molar-refractivity contribution in [2.24, 2.45) is 0 Å². The van der Waals surface area contributed by atoms with Crippen molar-refractivity contribution in [2.45, 2.75) is 6.54 Å². The molecule has 25 heavy (non-hydrogen) atoms. The van der Waals surface area contributed by atoms with Gasteiger partial charge in [-0.15, -0.1) is 0 Å². The molecule has 0 unspecified atom stereocenters. The van der Waals surface area contributed by atoms with Gasteiger partial charge in [-0.3, -0.25) is 14.7 Å². The van der Waals surface area contributed by atoms with Crippen LogP contribution in [0.2, 0.25) is 0 Å². The molecule has 9 nitrogen and oxygen atoms in total. The van der Waals surface area contributed by atoms with E-state index in [0.717, 1.165) is 10.6 Å². The second-order valence-electron chi connectivity index (χ2n) is 5.09. The van der Waals surface area contributed by atoms with Gasteiger partial charge in [-0.05, 0) is 18.2 Å². The lowest BCUT2D eigenvalue weighted by molar-refractivity contribution is -0.384. The molecule has 130 valence electrons. The summed E-state index contributed by atoms with van der Waals surface area (Å²) in [4.78, 5) is 22.1. The van der Waals surface area contributed by atoms with Crippen molar-refractivity contribution in [2.75, 3.05) is 5.75 Å². The fourth-order valence-electron chi connectivity index (χ4n) is 2.24. The van der Waals surface area contributed by atoms with Crippen LogP contribution in [-0.2, 0) is 16.7 Å². The first-order valence-corrected chi connectivity index (χ1v) is 8.68. The Morgan fingerprint density at radius 2 is 1.88 bits per heavy atom. The summed E-state index contributed by atoms with van der Waals surface area (Å²) >= 11 is 0. The zero-order valence-corrected chi connectivity index (χ0v) is 13.5. The summed E-state index contributed by atoms with van der Waals surface area (Å²) in [5.74, 6) is -1.15. The third kappa shape index (κ3) is 3.69. The molecule has 1 heterocycles. The van der Waals surface area contributed by atoms with Crippen molar-refractivity contribution >= 4 is 26.9 Å². The third-order valence-electron chi connectivity index (χ3n) is 3.39. The second-order valence-corrected chi connectivity index (χ2v) is 6.78. The minimum atomic E-state index is -3.96. The zero-order valence-electron chi connectivity index (χ0n) is 12.7. The van der Waals surface area contributed by atoms with Crippen molar-refractivity contribution in [3.63, 3.8) is 0 Å². The molecule has 10 heteroatoms. The molecule has 1 aromatic heterocycles. The molecule has 0 saturated carbocycles. The first kappa shape index (κ1) is 16.7. The number of hydrogen-bond acceptors (Lipinski definition) is 7. The molecule has 0 aliphatic rings. The van der Waals surface area contributed by atoms with Crippen molar-refractivity contribution in [1.82, 2.24) is 4.57 Å². The van der Waals surface area contributed by atoms with E-state index in [0.29, 0.717) is 0 Å². The Kier molecular flexibility index (Phi) is 4.28. The summed E-state index contributed by atoms with van der Waals surface area (Å²) in [5.41, 5.74) is 0.0523. The molecule has 3 rings (SSSR count). The Balaban J connectivity index is 1.85. The van der Waals surface area contributed by atoms with E-state index in [1.807, 2.05) is 0 Å². The minimum absolute atomic E-state index is 0.136. The Morgan fingerprint density at radius 1 is 1.16 bits per heavy atom. The van der Waals surface area contributed by atoms with Crippen LogP contribution in [0.5, 0.6) is 5.75 Å². The zero-order chi connectivity index (χ0) is 18.0. The monoisotopic (exact) mass is 364 g/mol. The van der Waals surface area contributed by atoms with Gasteiger partial charge in [0.25, 0.3) is 5.69 Å². The average molecular weight is 364 g/mol. The van der Waals surface area contributed by atoms with Crippen LogP contribution in [0, 0.1) is 10.1 Å². The molecule has 2 aromatic carbocycles. The average Bonchev–Trinajstić information content (AvgIpc) is 2.88. The minimum Gasteiger partial charge on any atom is -0.408 e. The number of non-ortho nitro benzene ring substituents is 1. The molecule has 0 N–H and O–H groups in total. The quantitative estimate of drug-likeness (QED) is 0.372. The molecule has 0 saturated heterocycles. The Hall–Kier alpha value is -3.14. The van der Waals surface area contributed by atoms with Gasteiger partial charge in [-0.25, -0.2) is 4.79 Å². The highest BCUT2D eigenvalue weighted by atomic mass is 32.2. The van der Waals surface area contributed by atoms with Gasteiger partial charge in [0, 0.05) is 18.7 Å². The molecule has 0 aliphatic carbocycles. The predicted molar refractivity (Wildman–Crippen MR) is 88.0 cm³/mol. The predicted octanol–water partition coefficient (Wildman–Crippen LogP) is 1.91. The van der Waals surface area contributed by atoms with Crippen LogP contribution >= 0.6 is 0 Å². The highest BCUT2D eigenvalue weighted by molar-refractivity contribution is 7.87. The van der Waals surface area contributed by atoms with Gasteiger partial charge in [-0.2, -0.15) is 8.42 Å². The second kappa shape index (κ2) is 6.40. The standard InChI is InChI=1S/C15H12N2O7S/c18-15-16(13-10-11(17(19)20)6-7-14(13)23-15)8-9-25(21,22)24-12-4-2-1-3-5-12/h1-7,10H,8-9H2. The summed E-state index contributed by atoms with van der Waals surface area (Å²) in [6, 6.07) is 11.6. The maximum absolute atomic E-state index is 12.0. The lowest BCUT2D eigenvalue weighted by Crippen LogP contribution is -2.23. The summed E-state index contributed by atoms with van der Waals surface area (Å²) in [6.07, 6.45) is 0. The van der Waals surface area contributed by atoms with E-state index in [1.165, 1.54) is 24.3 Å². The normalized spacial score (nSPS) is 11.5. The maximum Gasteiger partial charge on any atom is 0.419 e. The molecule has 3 aromatic rings. The first-order chi connectivity index (χ1) is 11.9. The fourth-order valence-corrected chi connectivity index (χ4v) is 3.14. The number of para-hydroxylation sites is 1. The SMILES string of the molecule is O=c1oc2ccc([N+](=O)[O-])cc2n1CCS(=O)(=O)Oc1ccccc1. The van der Waals surface area contributed by atoms with Gasteiger partial charge in [0.15, 0.2) is 5.58 Å². The molecular weight excluding hydrogens is 352 g/mol. The molecular formula is C15H12N2O7S. The van der Waals surface area contributed by atoms with E-state index < -0.39 is 26.6 Å². The van der Waals surface area contributed by atoms with E-state index in [9.17, 15) is 23.3 Å². The van der Waals surface area contributed by atoms with Crippen molar-refractivity contribution in [3.8, 4) is 5.75 Å². The number of fused-ring (bicyclic) bond motifs is 1. The molecule has 0 fully saturated rings. The number of aromatic nitrogens is 1. The number of aryl methyl sites for hydroxylation is 1. The first-order valence-electron chi connectivity index (χ1n) is 7.11. The van der Waals surface area contributed by atoms with E-state index >= 15 is 0 Å². The number of nitro groups is 1. The van der Waals surface area contributed by atoms with Gasteiger partial charge in [0.1, 0.15) is 11.5 Å². The summed E-state index contributed by atoms with van der Waals surface area (Å²) in [5, 5.41) is 10.9. The van der Waals surface area contributed by atoms with Gasteiger partial charge in [-0.1, -0.05) is 18.2 Å². The van der Waals surface area contributed by atoms with Gasteiger partial charge in [0.2, 0.25) is 0 Å². The highest BCUT2D eigenvalue weighted by Gasteiger charge is 2.18. The van der Waals surface area contributed by atoms with Crippen molar-refractivity contribution in [1.29, 1.82) is 0 Å². The van der Waals surface area contributed by atoms with Crippen LogP contribution in [0.4, 0.5) is 5.69 Å². The largest absolute Gasteiger partial charge is 0.419 e. The summed E-state index contributed by atoms with van der Waals surface area (Å²) in [7, 11) is -3.96. The Bertz CT molecular complexity index is 1080. The topological polar surface area (TPSA) is 122 Å². The Labute approximate surface area is 141 Å². The number of oxazole rings is 1. The number of hydrogen-bond donors (Lipinski definition) is 0. The lowest BCUT2D eigenvalue weighted by Gasteiger charge is -2.07. The fraction of sp³-hybridized carbons (Fsp3) is 0.133. The molecule has 0 bridgehead atoms. The van der Waals surface area contributed by atoms with Crippen LogP contribution in [0.25, 0.3) is 11.1 Å². The smallest absolute Gasteiger partial charge is 0.408 e.